The molecule has 3 N–H and O–H groups in total. The van der Waals surface area contributed by atoms with Gasteiger partial charge in [-0.3, -0.25) is 14.4 Å². The molecule has 28 heavy (non-hydrogen) atoms. The van der Waals surface area contributed by atoms with Gasteiger partial charge in [-0.2, -0.15) is 0 Å². The highest BCUT2D eigenvalue weighted by molar-refractivity contribution is 7.22. The van der Waals surface area contributed by atoms with Crippen LogP contribution in [-0.2, 0) is 9.59 Å². The van der Waals surface area contributed by atoms with E-state index < -0.39 is 6.04 Å². The van der Waals surface area contributed by atoms with Crippen LogP contribution in [-0.4, -0.2) is 28.7 Å². The molecule has 1 atom stereocenters. The van der Waals surface area contributed by atoms with Crippen LogP contribution < -0.4 is 16.0 Å². The molecule has 1 aromatic heterocycles. The monoisotopic (exact) mass is 394 g/mol. The predicted molar refractivity (Wildman–Crippen MR) is 109 cm³/mol. The van der Waals surface area contributed by atoms with Crippen molar-refractivity contribution in [1.29, 1.82) is 0 Å². The molecular weight excluding hydrogens is 376 g/mol. The molecule has 3 aromatic rings. The lowest BCUT2D eigenvalue weighted by Gasteiger charge is -2.13. The Morgan fingerprint density at radius 1 is 1.18 bits per heavy atom. The Balaban J connectivity index is 1.39. The molecule has 0 bridgehead atoms. The number of amides is 3. The van der Waals surface area contributed by atoms with E-state index in [1.54, 1.807) is 24.3 Å². The fourth-order valence-corrected chi connectivity index (χ4v) is 4.07. The highest BCUT2D eigenvalue weighted by atomic mass is 32.1. The number of carbonyl (C=O) groups is 3. The normalized spacial score (nSPS) is 16.1. The van der Waals surface area contributed by atoms with Crippen molar-refractivity contribution in [3.05, 3.63) is 53.6 Å². The number of para-hydroxylation sites is 2. The second-order valence-corrected chi connectivity index (χ2v) is 7.62. The fourth-order valence-electron chi connectivity index (χ4n) is 3.11. The molecule has 0 unspecified atom stereocenters. The maximum absolute atomic E-state index is 12.4. The average Bonchev–Trinajstić information content (AvgIpc) is 3.03. The van der Waals surface area contributed by atoms with Crippen LogP contribution in [0.25, 0.3) is 10.2 Å². The van der Waals surface area contributed by atoms with Gasteiger partial charge in [-0.05, 0) is 37.1 Å². The van der Waals surface area contributed by atoms with Gasteiger partial charge in [0.2, 0.25) is 11.8 Å². The van der Waals surface area contributed by atoms with E-state index in [0.717, 1.165) is 15.8 Å². The molecule has 142 valence electrons. The van der Waals surface area contributed by atoms with Crippen molar-refractivity contribution >= 4 is 50.1 Å². The van der Waals surface area contributed by atoms with Crippen LogP contribution in [0.4, 0.5) is 10.8 Å². The molecular formula is C20H18N4O3S. The summed E-state index contributed by atoms with van der Waals surface area (Å²) in [7, 11) is 0. The number of fused-ring (bicyclic) bond motifs is 2. The molecule has 3 amide bonds. The largest absolute Gasteiger partial charge is 0.340 e. The number of thiazole rings is 1. The minimum absolute atomic E-state index is 0.0869. The van der Waals surface area contributed by atoms with E-state index in [0.29, 0.717) is 16.4 Å². The molecule has 2 aromatic carbocycles. The van der Waals surface area contributed by atoms with Gasteiger partial charge in [0.05, 0.1) is 21.5 Å². The zero-order valence-electron chi connectivity index (χ0n) is 15.1. The number of aromatic nitrogens is 1. The molecule has 0 fully saturated rings. The third-order valence-corrected chi connectivity index (χ3v) is 5.51. The number of hydrogen-bond donors (Lipinski definition) is 3. The summed E-state index contributed by atoms with van der Waals surface area (Å²) < 4.78 is 1.00. The highest BCUT2D eigenvalue weighted by Crippen LogP contribution is 2.28. The lowest BCUT2D eigenvalue weighted by Crippen LogP contribution is -2.41. The van der Waals surface area contributed by atoms with E-state index in [1.807, 2.05) is 25.1 Å². The zero-order chi connectivity index (χ0) is 19.7. The Kier molecular flexibility index (Phi) is 4.79. The first kappa shape index (κ1) is 18.1. The first-order valence-electron chi connectivity index (χ1n) is 8.88. The lowest BCUT2D eigenvalue weighted by molar-refractivity contribution is -0.118. The highest BCUT2D eigenvalue weighted by Gasteiger charge is 2.27. The molecule has 4 rings (SSSR count). The first-order valence-corrected chi connectivity index (χ1v) is 9.69. The van der Waals surface area contributed by atoms with Gasteiger partial charge >= 0.3 is 0 Å². The Labute approximate surface area is 165 Å². The summed E-state index contributed by atoms with van der Waals surface area (Å²) in [5, 5.41) is 8.73. The second kappa shape index (κ2) is 7.40. The van der Waals surface area contributed by atoms with E-state index in [2.05, 4.69) is 20.9 Å². The van der Waals surface area contributed by atoms with Crippen molar-refractivity contribution < 1.29 is 14.4 Å². The van der Waals surface area contributed by atoms with Crippen molar-refractivity contribution in [2.24, 2.45) is 0 Å². The molecule has 0 radical (unpaired) electrons. The molecule has 0 spiro atoms. The Morgan fingerprint density at radius 3 is 2.82 bits per heavy atom. The molecule has 0 saturated heterocycles. The number of hydrogen-bond acceptors (Lipinski definition) is 5. The molecule has 8 heteroatoms. The molecule has 7 nitrogen and oxygen atoms in total. The predicted octanol–water partition coefficient (Wildman–Crippen LogP) is 3.07. The third kappa shape index (κ3) is 3.59. The first-order chi connectivity index (χ1) is 13.5. The fraction of sp³-hybridized carbons (Fsp3) is 0.200. The maximum Gasteiger partial charge on any atom is 0.254 e. The van der Waals surface area contributed by atoms with Gasteiger partial charge in [0.15, 0.2) is 5.13 Å². The van der Waals surface area contributed by atoms with Crippen LogP contribution >= 0.6 is 11.3 Å². The number of rotatable bonds is 4. The average molecular weight is 394 g/mol. The summed E-state index contributed by atoms with van der Waals surface area (Å²) >= 11 is 1.41. The van der Waals surface area contributed by atoms with Crippen LogP contribution in [0, 0.1) is 6.92 Å². The van der Waals surface area contributed by atoms with Crippen LogP contribution in [0.15, 0.2) is 42.5 Å². The summed E-state index contributed by atoms with van der Waals surface area (Å²) in [6, 6.07) is 11.9. The molecule has 1 aliphatic heterocycles. The van der Waals surface area contributed by atoms with Crippen molar-refractivity contribution in [3.8, 4) is 0 Å². The minimum atomic E-state index is -0.775. The topological polar surface area (TPSA) is 100 Å². The third-order valence-electron chi connectivity index (χ3n) is 4.58. The van der Waals surface area contributed by atoms with Gasteiger partial charge in [0.1, 0.15) is 6.04 Å². The Hall–Kier alpha value is -3.26. The number of nitrogens with one attached hydrogen (secondary N) is 3. The maximum atomic E-state index is 12.4. The summed E-state index contributed by atoms with van der Waals surface area (Å²) in [5.41, 5.74) is 2.80. The second-order valence-electron chi connectivity index (χ2n) is 6.59. The smallest absolute Gasteiger partial charge is 0.254 e. The number of aryl methyl sites for hydroxylation is 1. The zero-order valence-corrected chi connectivity index (χ0v) is 15.9. The van der Waals surface area contributed by atoms with Crippen LogP contribution in [0.2, 0.25) is 0 Å². The van der Waals surface area contributed by atoms with Gasteiger partial charge in [0.25, 0.3) is 5.91 Å². The van der Waals surface area contributed by atoms with Gasteiger partial charge in [-0.1, -0.05) is 35.6 Å². The Morgan fingerprint density at radius 2 is 2.00 bits per heavy atom. The summed E-state index contributed by atoms with van der Waals surface area (Å²) in [6.45, 7) is 1.97. The molecule has 1 aliphatic rings. The van der Waals surface area contributed by atoms with Gasteiger partial charge in [0, 0.05) is 6.42 Å². The van der Waals surface area contributed by atoms with E-state index in [1.165, 1.54) is 11.3 Å². The number of carbonyl (C=O) groups excluding carboxylic acids is 3. The van der Waals surface area contributed by atoms with E-state index in [4.69, 9.17) is 0 Å². The van der Waals surface area contributed by atoms with E-state index >= 15 is 0 Å². The van der Waals surface area contributed by atoms with Crippen molar-refractivity contribution in [1.82, 2.24) is 10.3 Å². The summed E-state index contributed by atoms with van der Waals surface area (Å²) in [6.07, 6.45) is 0.283. The lowest BCUT2D eigenvalue weighted by atomic mass is 10.1. The minimum Gasteiger partial charge on any atom is -0.340 e. The SMILES string of the molecule is Cc1cccc2sc(NC(=O)CC[C@H]3NC(=O)c4ccccc4NC3=O)nc12. The van der Waals surface area contributed by atoms with Gasteiger partial charge in [-0.25, -0.2) is 4.98 Å². The number of anilines is 2. The van der Waals surface area contributed by atoms with Crippen LogP contribution in [0.3, 0.4) is 0 Å². The standard InChI is InChI=1S/C20H18N4O3S/c1-11-5-4-8-15-17(11)24-20(28-15)23-16(25)10-9-14-19(27)21-13-7-3-2-6-12(13)18(26)22-14/h2-8,14H,9-10H2,1H3,(H,21,27)(H,22,26)(H,23,24,25)/t14-/m1/s1. The summed E-state index contributed by atoms with van der Waals surface area (Å²) in [5.74, 6) is -0.914. The molecule has 2 heterocycles. The summed E-state index contributed by atoms with van der Waals surface area (Å²) in [4.78, 5) is 41.5. The van der Waals surface area contributed by atoms with Crippen molar-refractivity contribution in [2.75, 3.05) is 10.6 Å². The van der Waals surface area contributed by atoms with Gasteiger partial charge in [-0.15, -0.1) is 0 Å². The Bertz CT molecular complexity index is 1090. The quantitative estimate of drug-likeness (QED) is 0.633. The number of benzene rings is 2. The van der Waals surface area contributed by atoms with Crippen LogP contribution in [0.1, 0.15) is 28.8 Å². The number of nitrogens with zero attached hydrogens (tertiary/aromatic N) is 1. The van der Waals surface area contributed by atoms with E-state index in [-0.39, 0.29) is 30.6 Å². The van der Waals surface area contributed by atoms with Gasteiger partial charge < -0.3 is 16.0 Å². The van der Waals surface area contributed by atoms with Crippen molar-refractivity contribution in [3.63, 3.8) is 0 Å². The van der Waals surface area contributed by atoms with Crippen molar-refractivity contribution in [2.45, 2.75) is 25.8 Å². The van der Waals surface area contributed by atoms with Crippen LogP contribution in [0.5, 0.6) is 0 Å². The van der Waals surface area contributed by atoms with E-state index in [9.17, 15) is 14.4 Å². The molecule has 0 saturated carbocycles. The molecule has 0 aliphatic carbocycles.